The summed E-state index contributed by atoms with van der Waals surface area (Å²) in [6.45, 7) is 0.200. The first kappa shape index (κ1) is 12.7. The third-order valence-electron chi connectivity index (χ3n) is 2.70. The first-order valence-corrected chi connectivity index (χ1v) is 5.95. The SMILES string of the molecule is OCCc1cc(-c2ccnc(CCO)c2)ccn1. The van der Waals surface area contributed by atoms with Crippen LogP contribution in [0.1, 0.15) is 11.4 Å². The number of aliphatic hydroxyl groups excluding tert-OH is 2. The predicted octanol–water partition coefficient (Wildman–Crippen LogP) is 1.21. The molecule has 0 spiro atoms. The van der Waals surface area contributed by atoms with Crippen molar-refractivity contribution < 1.29 is 10.2 Å². The van der Waals surface area contributed by atoms with Crippen LogP contribution >= 0.6 is 0 Å². The zero-order chi connectivity index (χ0) is 12.8. The van der Waals surface area contributed by atoms with E-state index in [9.17, 15) is 0 Å². The highest BCUT2D eigenvalue weighted by Crippen LogP contribution is 2.20. The van der Waals surface area contributed by atoms with E-state index in [1.54, 1.807) is 12.4 Å². The number of pyridine rings is 2. The molecule has 4 nitrogen and oxygen atoms in total. The molecule has 94 valence electrons. The topological polar surface area (TPSA) is 66.2 Å². The van der Waals surface area contributed by atoms with Crippen LogP contribution in [0.15, 0.2) is 36.7 Å². The maximum atomic E-state index is 8.92. The Morgan fingerprint density at radius 3 is 1.61 bits per heavy atom. The van der Waals surface area contributed by atoms with E-state index in [0.717, 1.165) is 22.5 Å². The van der Waals surface area contributed by atoms with Crippen LogP contribution in [0.5, 0.6) is 0 Å². The van der Waals surface area contributed by atoms with Gasteiger partial charge in [0.2, 0.25) is 0 Å². The predicted molar refractivity (Wildman–Crippen MR) is 69.0 cm³/mol. The zero-order valence-electron chi connectivity index (χ0n) is 10.1. The molecule has 0 saturated carbocycles. The molecule has 2 aromatic heterocycles. The van der Waals surface area contributed by atoms with E-state index < -0.39 is 0 Å². The molecule has 2 heterocycles. The Morgan fingerprint density at radius 2 is 1.22 bits per heavy atom. The molecule has 0 fully saturated rings. The van der Waals surface area contributed by atoms with E-state index in [4.69, 9.17) is 10.2 Å². The highest BCUT2D eigenvalue weighted by molar-refractivity contribution is 5.63. The number of nitrogens with zero attached hydrogens (tertiary/aromatic N) is 2. The van der Waals surface area contributed by atoms with Crippen molar-refractivity contribution in [3.63, 3.8) is 0 Å². The Balaban J connectivity index is 2.29. The molecule has 4 heteroatoms. The Labute approximate surface area is 106 Å². The van der Waals surface area contributed by atoms with E-state index in [1.165, 1.54) is 0 Å². The highest BCUT2D eigenvalue weighted by atomic mass is 16.3. The smallest absolute Gasteiger partial charge is 0.0486 e. The minimum atomic E-state index is 0.0998. The molecule has 0 aliphatic heterocycles. The zero-order valence-corrected chi connectivity index (χ0v) is 10.1. The minimum absolute atomic E-state index is 0.0998. The molecule has 18 heavy (non-hydrogen) atoms. The number of hydrogen-bond acceptors (Lipinski definition) is 4. The van der Waals surface area contributed by atoms with Crippen LogP contribution in [0.4, 0.5) is 0 Å². The highest BCUT2D eigenvalue weighted by Gasteiger charge is 2.02. The molecular weight excluding hydrogens is 228 g/mol. The summed E-state index contributed by atoms with van der Waals surface area (Å²) in [6, 6.07) is 7.79. The van der Waals surface area contributed by atoms with E-state index in [2.05, 4.69) is 9.97 Å². The van der Waals surface area contributed by atoms with E-state index in [-0.39, 0.29) is 13.2 Å². The molecule has 2 N–H and O–H groups in total. The van der Waals surface area contributed by atoms with Crippen LogP contribution in [-0.4, -0.2) is 33.4 Å². The fourth-order valence-corrected chi connectivity index (χ4v) is 1.82. The summed E-state index contributed by atoms with van der Waals surface area (Å²) >= 11 is 0. The van der Waals surface area contributed by atoms with Gasteiger partial charge in [-0.1, -0.05) is 0 Å². The summed E-state index contributed by atoms with van der Waals surface area (Å²) < 4.78 is 0. The molecule has 0 bridgehead atoms. The first-order chi connectivity index (χ1) is 8.83. The van der Waals surface area contributed by atoms with Crippen molar-refractivity contribution >= 4 is 0 Å². The lowest BCUT2D eigenvalue weighted by Gasteiger charge is -2.05. The molecule has 2 rings (SSSR count). The molecule has 0 aliphatic rings. The van der Waals surface area contributed by atoms with Crippen molar-refractivity contribution in [3.05, 3.63) is 48.0 Å². The molecule has 0 amide bonds. The summed E-state index contributed by atoms with van der Waals surface area (Å²) in [7, 11) is 0. The van der Waals surface area contributed by atoms with Crippen molar-refractivity contribution in [2.24, 2.45) is 0 Å². The van der Waals surface area contributed by atoms with E-state index in [1.807, 2.05) is 24.3 Å². The summed E-state index contributed by atoms with van der Waals surface area (Å²) in [5.41, 5.74) is 3.84. The quantitative estimate of drug-likeness (QED) is 0.829. The molecule has 0 saturated heterocycles. The summed E-state index contributed by atoms with van der Waals surface area (Å²) in [6.07, 6.45) is 4.60. The normalized spacial score (nSPS) is 10.6. The second-order valence-corrected chi connectivity index (χ2v) is 4.02. The van der Waals surface area contributed by atoms with Crippen LogP contribution in [-0.2, 0) is 12.8 Å². The number of aliphatic hydroxyl groups is 2. The van der Waals surface area contributed by atoms with Gasteiger partial charge in [-0.05, 0) is 35.4 Å². The molecule has 0 radical (unpaired) electrons. The molecular formula is C14H16N2O2. The summed E-state index contributed by atoms with van der Waals surface area (Å²) in [5, 5.41) is 17.8. The molecule has 0 aliphatic carbocycles. The number of rotatable bonds is 5. The van der Waals surface area contributed by atoms with Crippen molar-refractivity contribution in [2.45, 2.75) is 12.8 Å². The fraction of sp³-hybridized carbons (Fsp3) is 0.286. The average Bonchev–Trinajstić information content (AvgIpc) is 2.40. The minimum Gasteiger partial charge on any atom is -0.396 e. The van der Waals surface area contributed by atoms with E-state index >= 15 is 0 Å². The lowest BCUT2D eigenvalue weighted by atomic mass is 10.1. The van der Waals surface area contributed by atoms with Gasteiger partial charge in [-0.25, -0.2) is 0 Å². The lowest BCUT2D eigenvalue weighted by molar-refractivity contribution is 0.298. The third-order valence-corrected chi connectivity index (χ3v) is 2.70. The van der Waals surface area contributed by atoms with Gasteiger partial charge >= 0.3 is 0 Å². The van der Waals surface area contributed by atoms with Crippen LogP contribution in [0.25, 0.3) is 11.1 Å². The average molecular weight is 244 g/mol. The molecule has 2 aromatic rings. The Hall–Kier alpha value is -1.78. The Bertz CT molecular complexity index is 467. The summed E-state index contributed by atoms with van der Waals surface area (Å²) in [5.74, 6) is 0. The van der Waals surface area contributed by atoms with Crippen molar-refractivity contribution in [1.29, 1.82) is 0 Å². The van der Waals surface area contributed by atoms with Gasteiger partial charge in [-0.15, -0.1) is 0 Å². The van der Waals surface area contributed by atoms with Crippen LogP contribution < -0.4 is 0 Å². The molecule has 0 atom stereocenters. The van der Waals surface area contributed by atoms with Gasteiger partial charge in [-0.2, -0.15) is 0 Å². The van der Waals surface area contributed by atoms with Crippen LogP contribution in [0.3, 0.4) is 0 Å². The van der Waals surface area contributed by atoms with Gasteiger partial charge in [0.1, 0.15) is 0 Å². The summed E-state index contributed by atoms with van der Waals surface area (Å²) in [4.78, 5) is 8.40. The van der Waals surface area contributed by atoms with Crippen LogP contribution in [0.2, 0.25) is 0 Å². The van der Waals surface area contributed by atoms with Gasteiger partial charge < -0.3 is 10.2 Å². The van der Waals surface area contributed by atoms with Gasteiger partial charge in [-0.3, -0.25) is 9.97 Å². The monoisotopic (exact) mass is 244 g/mol. The fourth-order valence-electron chi connectivity index (χ4n) is 1.82. The number of hydrogen-bond donors (Lipinski definition) is 2. The number of aromatic nitrogens is 2. The third kappa shape index (κ3) is 3.12. The maximum absolute atomic E-state index is 8.92. The van der Waals surface area contributed by atoms with Crippen molar-refractivity contribution in [2.75, 3.05) is 13.2 Å². The van der Waals surface area contributed by atoms with Gasteiger partial charge in [0.25, 0.3) is 0 Å². The molecule has 0 aromatic carbocycles. The Kier molecular flexibility index (Phi) is 4.39. The van der Waals surface area contributed by atoms with Crippen LogP contribution in [0, 0.1) is 0 Å². The van der Waals surface area contributed by atoms with Gasteiger partial charge in [0.05, 0.1) is 0 Å². The first-order valence-electron chi connectivity index (χ1n) is 5.95. The maximum Gasteiger partial charge on any atom is 0.0486 e. The largest absolute Gasteiger partial charge is 0.396 e. The second-order valence-electron chi connectivity index (χ2n) is 4.02. The van der Waals surface area contributed by atoms with Gasteiger partial charge in [0.15, 0.2) is 0 Å². The van der Waals surface area contributed by atoms with Crippen molar-refractivity contribution in [3.8, 4) is 11.1 Å². The lowest BCUT2D eigenvalue weighted by Crippen LogP contribution is -1.96. The standard InChI is InChI=1S/C14H16N2O2/c17-7-3-13-9-11(1-5-15-13)12-2-6-16-14(10-12)4-8-18/h1-2,5-6,9-10,17-18H,3-4,7-8H2. The van der Waals surface area contributed by atoms with Crippen molar-refractivity contribution in [1.82, 2.24) is 9.97 Å². The van der Waals surface area contributed by atoms with E-state index in [0.29, 0.717) is 12.8 Å². The Morgan fingerprint density at radius 1 is 0.778 bits per heavy atom. The van der Waals surface area contributed by atoms with Gasteiger partial charge in [0, 0.05) is 49.8 Å². The molecule has 0 unspecified atom stereocenters. The second kappa shape index (κ2) is 6.23.